The minimum atomic E-state index is -3.43. The van der Waals surface area contributed by atoms with Crippen LogP contribution in [0.5, 0.6) is 0 Å². The largest absolute Gasteiger partial charge is 0.228 e. The maximum atomic E-state index is 11.2. The van der Waals surface area contributed by atoms with Crippen molar-refractivity contribution in [3.8, 4) is 0 Å². The second kappa shape index (κ2) is 4.77. The first kappa shape index (κ1) is 12.7. The van der Waals surface area contributed by atoms with Crippen LogP contribution in [0, 0.1) is 11.8 Å². The Morgan fingerprint density at radius 2 is 1.85 bits per heavy atom. The Bertz CT molecular complexity index is 257. The van der Waals surface area contributed by atoms with Gasteiger partial charge in [-0.25, -0.2) is 13.6 Å². The monoisotopic (exact) mass is 205 g/mol. The molecule has 0 aliphatic heterocycles. The summed E-state index contributed by atoms with van der Waals surface area (Å²) in [6, 6.07) is 0. The van der Waals surface area contributed by atoms with Crippen molar-refractivity contribution < 1.29 is 8.42 Å². The highest BCUT2D eigenvalue weighted by Gasteiger charge is 2.29. The Labute approximate surface area is 81.1 Å². The first-order chi connectivity index (χ1) is 5.80. The number of rotatable bonds is 5. The Balaban J connectivity index is 4.72. The summed E-state index contributed by atoms with van der Waals surface area (Å²) < 4.78 is 22.5. The van der Waals surface area contributed by atoms with Gasteiger partial charge in [0.2, 0.25) is 10.0 Å². The van der Waals surface area contributed by atoms with Crippen LogP contribution >= 0.6 is 0 Å². The molecule has 2 N–H and O–H groups in total. The highest BCUT2D eigenvalue weighted by molar-refractivity contribution is 7.89. The van der Waals surface area contributed by atoms with Crippen LogP contribution in [0.15, 0.2) is 12.7 Å². The van der Waals surface area contributed by atoms with E-state index in [0.717, 1.165) is 0 Å². The first-order valence-corrected chi connectivity index (χ1v) is 6.04. The molecule has 0 aliphatic carbocycles. The zero-order chi connectivity index (χ0) is 10.6. The van der Waals surface area contributed by atoms with E-state index in [1.165, 1.54) is 0 Å². The van der Waals surface area contributed by atoms with Crippen molar-refractivity contribution in [2.45, 2.75) is 32.4 Å². The van der Waals surface area contributed by atoms with Crippen molar-refractivity contribution in [3.05, 3.63) is 12.7 Å². The maximum absolute atomic E-state index is 11.2. The molecular weight excluding hydrogens is 186 g/mol. The second-order valence-corrected chi connectivity index (χ2v) is 5.52. The molecule has 78 valence electrons. The fourth-order valence-electron chi connectivity index (χ4n) is 1.76. The topological polar surface area (TPSA) is 60.2 Å². The SMILES string of the molecule is C=CC[C@H](C)[C@@H](C(C)C)S(N)(=O)=O. The van der Waals surface area contributed by atoms with Gasteiger partial charge in [0.1, 0.15) is 0 Å². The minimum absolute atomic E-state index is 0.0347. The lowest BCUT2D eigenvalue weighted by atomic mass is 9.95. The summed E-state index contributed by atoms with van der Waals surface area (Å²) in [5.41, 5.74) is 0. The Morgan fingerprint density at radius 1 is 1.38 bits per heavy atom. The molecule has 0 aromatic rings. The van der Waals surface area contributed by atoms with Gasteiger partial charge in [-0.3, -0.25) is 0 Å². The Kier molecular flexibility index (Phi) is 4.64. The maximum Gasteiger partial charge on any atom is 0.212 e. The molecule has 0 saturated heterocycles. The van der Waals surface area contributed by atoms with Crippen LogP contribution in [0.3, 0.4) is 0 Å². The summed E-state index contributed by atoms with van der Waals surface area (Å²) in [4.78, 5) is 0. The molecule has 0 spiro atoms. The highest BCUT2D eigenvalue weighted by atomic mass is 32.2. The molecule has 13 heavy (non-hydrogen) atoms. The number of hydrogen-bond acceptors (Lipinski definition) is 2. The predicted molar refractivity (Wildman–Crippen MR) is 55.7 cm³/mol. The van der Waals surface area contributed by atoms with E-state index >= 15 is 0 Å². The van der Waals surface area contributed by atoms with E-state index in [-0.39, 0.29) is 11.8 Å². The molecule has 0 saturated carbocycles. The smallest absolute Gasteiger partial charge is 0.212 e. The van der Waals surface area contributed by atoms with Crippen LogP contribution in [-0.2, 0) is 10.0 Å². The minimum Gasteiger partial charge on any atom is -0.228 e. The molecule has 0 amide bonds. The van der Waals surface area contributed by atoms with Crippen molar-refractivity contribution in [3.63, 3.8) is 0 Å². The lowest BCUT2D eigenvalue weighted by molar-refractivity contribution is 0.430. The van der Waals surface area contributed by atoms with Gasteiger partial charge in [-0.15, -0.1) is 6.58 Å². The van der Waals surface area contributed by atoms with E-state index in [9.17, 15) is 8.42 Å². The number of primary sulfonamides is 1. The van der Waals surface area contributed by atoms with Gasteiger partial charge in [0, 0.05) is 0 Å². The van der Waals surface area contributed by atoms with Crippen LogP contribution in [0.2, 0.25) is 0 Å². The summed E-state index contributed by atoms with van der Waals surface area (Å²) >= 11 is 0. The molecule has 3 nitrogen and oxygen atoms in total. The van der Waals surface area contributed by atoms with Crippen molar-refractivity contribution in [2.24, 2.45) is 17.0 Å². The second-order valence-electron chi connectivity index (χ2n) is 3.80. The summed E-state index contributed by atoms with van der Waals surface area (Å²) in [6.45, 7) is 9.21. The van der Waals surface area contributed by atoms with E-state index in [1.807, 2.05) is 20.8 Å². The molecule has 4 heteroatoms. The zero-order valence-electron chi connectivity index (χ0n) is 8.53. The molecular formula is C9H19NO2S. The zero-order valence-corrected chi connectivity index (χ0v) is 9.34. The number of nitrogens with two attached hydrogens (primary N) is 1. The van der Waals surface area contributed by atoms with Crippen LogP contribution in [0.25, 0.3) is 0 Å². The van der Waals surface area contributed by atoms with Gasteiger partial charge < -0.3 is 0 Å². The lowest BCUT2D eigenvalue weighted by Gasteiger charge is -2.24. The van der Waals surface area contributed by atoms with Crippen molar-refractivity contribution in [1.82, 2.24) is 0 Å². The van der Waals surface area contributed by atoms with Crippen molar-refractivity contribution in [2.75, 3.05) is 0 Å². The lowest BCUT2D eigenvalue weighted by Crippen LogP contribution is -2.37. The third kappa shape index (κ3) is 3.91. The Hall–Kier alpha value is -0.350. The predicted octanol–water partition coefficient (Wildman–Crippen LogP) is 1.51. The molecule has 0 fully saturated rings. The van der Waals surface area contributed by atoms with Gasteiger partial charge >= 0.3 is 0 Å². The molecule has 0 aromatic carbocycles. The van der Waals surface area contributed by atoms with E-state index in [2.05, 4.69) is 6.58 Å². The summed E-state index contributed by atoms with van der Waals surface area (Å²) in [6.07, 6.45) is 2.41. The first-order valence-electron chi connectivity index (χ1n) is 4.43. The number of allylic oxidation sites excluding steroid dienone is 1. The van der Waals surface area contributed by atoms with Crippen LogP contribution in [0.4, 0.5) is 0 Å². The van der Waals surface area contributed by atoms with Crippen LogP contribution in [0.1, 0.15) is 27.2 Å². The molecule has 0 radical (unpaired) electrons. The summed E-state index contributed by atoms with van der Waals surface area (Å²) in [7, 11) is -3.43. The van der Waals surface area contributed by atoms with Gasteiger partial charge in [-0.2, -0.15) is 0 Å². The number of sulfonamides is 1. The summed E-state index contributed by atoms with van der Waals surface area (Å²) in [5, 5.41) is 4.68. The quantitative estimate of drug-likeness (QED) is 0.692. The molecule has 0 unspecified atom stereocenters. The van der Waals surface area contributed by atoms with E-state index < -0.39 is 15.3 Å². The Morgan fingerprint density at radius 3 is 2.08 bits per heavy atom. The van der Waals surface area contributed by atoms with Crippen LogP contribution < -0.4 is 5.14 Å². The highest BCUT2D eigenvalue weighted by Crippen LogP contribution is 2.21. The van der Waals surface area contributed by atoms with Crippen LogP contribution in [-0.4, -0.2) is 13.7 Å². The van der Waals surface area contributed by atoms with Gasteiger partial charge in [0.25, 0.3) is 0 Å². The van der Waals surface area contributed by atoms with Crippen molar-refractivity contribution >= 4 is 10.0 Å². The molecule has 2 atom stereocenters. The van der Waals surface area contributed by atoms with Gasteiger partial charge in [0.15, 0.2) is 0 Å². The molecule has 0 aromatic heterocycles. The molecule has 0 rings (SSSR count). The summed E-state index contributed by atoms with van der Waals surface area (Å²) in [5.74, 6) is 0.0810. The van der Waals surface area contributed by atoms with Gasteiger partial charge in [0.05, 0.1) is 5.25 Å². The molecule has 0 aliphatic rings. The third-order valence-corrected chi connectivity index (χ3v) is 3.90. The van der Waals surface area contributed by atoms with Gasteiger partial charge in [-0.1, -0.05) is 26.8 Å². The van der Waals surface area contributed by atoms with Gasteiger partial charge in [-0.05, 0) is 18.3 Å². The molecule has 0 bridgehead atoms. The van der Waals surface area contributed by atoms with E-state index in [1.54, 1.807) is 6.08 Å². The fraction of sp³-hybridized carbons (Fsp3) is 0.778. The normalized spacial score (nSPS) is 17.0. The number of hydrogen-bond donors (Lipinski definition) is 1. The van der Waals surface area contributed by atoms with E-state index in [4.69, 9.17) is 5.14 Å². The van der Waals surface area contributed by atoms with E-state index in [0.29, 0.717) is 6.42 Å². The average Bonchev–Trinajstić information content (AvgIpc) is 1.82. The van der Waals surface area contributed by atoms with Crippen molar-refractivity contribution in [1.29, 1.82) is 0 Å². The third-order valence-electron chi connectivity index (χ3n) is 2.14. The fourth-order valence-corrected chi connectivity index (χ4v) is 3.27. The molecule has 0 heterocycles. The average molecular weight is 205 g/mol. The standard InChI is InChI=1S/C9H19NO2S/c1-5-6-8(4)9(7(2)3)13(10,11)12/h5,7-9H,1,6H2,2-4H3,(H2,10,11,12)/t8-,9+/m0/s1.